The van der Waals surface area contributed by atoms with Gasteiger partial charge in [-0.05, 0) is 0 Å². The van der Waals surface area contributed by atoms with Crippen molar-refractivity contribution in [1.82, 2.24) is 19.8 Å². The van der Waals surface area contributed by atoms with Gasteiger partial charge in [0.15, 0.2) is 5.82 Å². The molecule has 2 aromatic heterocycles. The highest BCUT2D eigenvalue weighted by Crippen LogP contribution is 2.20. The minimum Gasteiger partial charge on any atom is -0.324 e. The van der Waals surface area contributed by atoms with E-state index >= 15 is 0 Å². The van der Waals surface area contributed by atoms with Crippen LogP contribution in [0.3, 0.4) is 0 Å². The SMILES string of the molecule is CC(C)c1nn2c(CN)nnc2s1. The molecule has 0 aromatic carbocycles. The number of aromatic nitrogens is 4. The molecule has 2 heterocycles. The van der Waals surface area contributed by atoms with Crippen molar-refractivity contribution in [3.63, 3.8) is 0 Å². The van der Waals surface area contributed by atoms with Gasteiger partial charge in [0, 0.05) is 5.92 Å². The third-order valence-electron chi connectivity index (χ3n) is 1.75. The first-order valence-electron chi connectivity index (χ1n) is 4.13. The zero-order valence-electron chi connectivity index (χ0n) is 7.56. The second-order valence-electron chi connectivity index (χ2n) is 3.11. The van der Waals surface area contributed by atoms with Crippen LogP contribution < -0.4 is 5.73 Å². The Morgan fingerprint density at radius 2 is 2.23 bits per heavy atom. The molecule has 0 fully saturated rings. The minimum atomic E-state index is 0.377. The van der Waals surface area contributed by atoms with Crippen molar-refractivity contribution in [3.8, 4) is 0 Å². The van der Waals surface area contributed by atoms with Crippen LogP contribution in [0.4, 0.5) is 0 Å². The van der Waals surface area contributed by atoms with Gasteiger partial charge in [-0.15, -0.1) is 10.2 Å². The molecule has 6 heteroatoms. The molecule has 2 rings (SSSR count). The second kappa shape index (κ2) is 3.04. The fourth-order valence-electron chi connectivity index (χ4n) is 1.03. The van der Waals surface area contributed by atoms with Gasteiger partial charge in [0.1, 0.15) is 5.01 Å². The molecule has 0 aliphatic heterocycles. The quantitative estimate of drug-likeness (QED) is 0.772. The number of nitrogens with two attached hydrogens (primary N) is 1. The lowest BCUT2D eigenvalue weighted by molar-refractivity contribution is 0.761. The molecule has 0 saturated carbocycles. The van der Waals surface area contributed by atoms with Gasteiger partial charge in [-0.25, -0.2) is 0 Å². The normalized spacial score (nSPS) is 11.7. The van der Waals surface area contributed by atoms with E-state index in [9.17, 15) is 0 Å². The molecule has 0 bridgehead atoms. The van der Waals surface area contributed by atoms with Crippen molar-refractivity contribution in [1.29, 1.82) is 0 Å². The van der Waals surface area contributed by atoms with Crippen LogP contribution in [0.25, 0.3) is 4.96 Å². The van der Waals surface area contributed by atoms with Crippen molar-refractivity contribution in [2.24, 2.45) is 5.73 Å². The summed E-state index contributed by atoms with van der Waals surface area (Å²) in [6.07, 6.45) is 0. The van der Waals surface area contributed by atoms with Crippen LogP contribution in [-0.2, 0) is 6.54 Å². The molecule has 0 spiro atoms. The Balaban J connectivity index is 2.56. The summed E-state index contributed by atoms with van der Waals surface area (Å²) in [5, 5.41) is 13.3. The average Bonchev–Trinajstić information content (AvgIpc) is 2.60. The Bertz CT molecular complexity index is 415. The lowest BCUT2D eigenvalue weighted by Gasteiger charge is -1.94. The lowest BCUT2D eigenvalue weighted by atomic mass is 10.2. The number of hydrogen-bond acceptors (Lipinski definition) is 5. The van der Waals surface area contributed by atoms with Gasteiger partial charge >= 0.3 is 0 Å². The largest absolute Gasteiger partial charge is 0.324 e. The summed E-state index contributed by atoms with van der Waals surface area (Å²) in [4.78, 5) is 0.823. The van der Waals surface area contributed by atoms with Crippen LogP contribution in [0.15, 0.2) is 0 Å². The van der Waals surface area contributed by atoms with Gasteiger partial charge in [0.2, 0.25) is 4.96 Å². The number of rotatable bonds is 2. The standard InChI is InChI=1S/C7H11N5S/c1-4(2)6-11-12-5(3-8)9-10-7(12)13-6/h4H,3,8H2,1-2H3. The Hall–Kier alpha value is -1.01. The molecule has 0 saturated heterocycles. The van der Waals surface area contributed by atoms with Crippen LogP contribution in [0.1, 0.15) is 30.6 Å². The maximum atomic E-state index is 5.49. The smallest absolute Gasteiger partial charge is 0.234 e. The summed E-state index contributed by atoms with van der Waals surface area (Å²) < 4.78 is 1.72. The molecular weight excluding hydrogens is 186 g/mol. The van der Waals surface area contributed by atoms with Gasteiger partial charge in [-0.1, -0.05) is 25.2 Å². The van der Waals surface area contributed by atoms with Crippen LogP contribution in [0, 0.1) is 0 Å². The summed E-state index contributed by atoms with van der Waals surface area (Å²) in [5.74, 6) is 1.15. The number of hydrogen-bond donors (Lipinski definition) is 1. The predicted molar refractivity (Wildman–Crippen MR) is 50.6 cm³/mol. The lowest BCUT2D eigenvalue weighted by Crippen LogP contribution is -2.03. The maximum absolute atomic E-state index is 5.49. The first kappa shape index (κ1) is 8.58. The molecule has 0 aliphatic carbocycles. The molecule has 5 nitrogen and oxygen atoms in total. The third-order valence-corrected chi connectivity index (χ3v) is 2.95. The molecule has 0 amide bonds. The number of nitrogens with zero attached hydrogens (tertiary/aromatic N) is 4. The molecular formula is C7H11N5S. The first-order valence-corrected chi connectivity index (χ1v) is 4.95. The summed E-state index contributed by atoms with van der Waals surface area (Å²) in [7, 11) is 0. The monoisotopic (exact) mass is 197 g/mol. The van der Waals surface area contributed by atoms with Gasteiger partial charge in [0.25, 0.3) is 0 Å². The predicted octanol–water partition coefficient (Wildman–Crippen LogP) is 0.768. The van der Waals surface area contributed by atoms with Crippen molar-refractivity contribution >= 4 is 16.3 Å². The zero-order valence-corrected chi connectivity index (χ0v) is 8.38. The van der Waals surface area contributed by atoms with Crippen molar-refractivity contribution < 1.29 is 0 Å². The van der Waals surface area contributed by atoms with E-state index in [2.05, 4.69) is 29.1 Å². The van der Waals surface area contributed by atoms with Gasteiger partial charge in [0.05, 0.1) is 6.54 Å². The van der Waals surface area contributed by atoms with Crippen LogP contribution >= 0.6 is 11.3 Å². The van der Waals surface area contributed by atoms with Crippen molar-refractivity contribution in [3.05, 3.63) is 10.8 Å². The van der Waals surface area contributed by atoms with E-state index in [1.807, 2.05) is 0 Å². The molecule has 2 aromatic rings. The van der Waals surface area contributed by atoms with Crippen molar-refractivity contribution in [2.45, 2.75) is 26.3 Å². The Morgan fingerprint density at radius 1 is 1.46 bits per heavy atom. The average molecular weight is 197 g/mol. The summed E-state index contributed by atoms with van der Waals surface area (Å²) in [6, 6.07) is 0. The number of fused-ring (bicyclic) bond motifs is 1. The summed E-state index contributed by atoms with van der Waals surface area (Å²) in [6.45, 7) is 4.59. The van der Waals surface area contributed by atoms with E-state index in [1.165, 1.54) is 0 Å². The highest BCUT2D eigenvalue weighted by Gasteiger charge is 2.11. The molecule has 0 atom stereocenters. The van der Waals surface area contributed by atoms with Crippen LogP contribution in [0.2, 0.25) is 0 Å². The first-order chi connectivity index (χ1) is 6.22. The summed E-state index contributed by atoms with van der Waals surface area (Å²) in [5.41, 5.74) is 5.49. The minimum absolute atomic E-state index is 0.377. The Morgan fingerprint density at radius 3 is 2.85 bits per heavy atom. The maximum Gasteiger partial charge on any atom is 0.234 e. The van der Waals surface area contributed by atoms with E-state index in [4.69, 9.17) is 5.73 Å². The fourth-order valence-corrected chi connectivity index (χ4v) is 1.89. The van der Waals surface area contributed by atoms with E-state index in [0.717, 1.165) is 15.8 Å². The Labute approximate surface area is 79.6 Å². The fraction of sp³-hybridized carbons (Fsp3) is 0.571. The molecule has 70 valence electrons. The Kier molecular flexibility index (Phi) is 2.01. The van der Waals surface area contributed by atoms with E-state index in [0.29, 0.717) is 12.5 Å². The third kappa shape index (κ3) is 1.31. The van der Waals surface area contributed by atoms with E-state index < -0.39 is 0 Å². The highest BCUT2D eigenvalue weighted by molar-refractivity contribution is 7.16. The molecule has 2 N–H and O–H groups in total. The molecule has 0 unspecified atom stereocenters. The van der Waals surface area contributed by atoms with E-state index in [1.54, 1.807) is 15.9 Å². The van der Waals surface area contributed by atoms with Crippen LogP contribution in [0.5, 0.6) is 0 Å². The summed E-state index contributed by atoms with van der Waals surface area (Å²) >= 11 is 1.56. The zero-order chi connectivity index (χ0) is 9.42. The van der Waals surface area contributed by atoms with Gasteiger partial charge in [-0.2, -0.15) is 9.61 Å². The molecule has 0 radical (unpaired) electrons. The van der Waals surface area contributed by atoms with E-state index in [-0.39, 0.29) is 0 Å². The molecule has 0 aliphatic rings. The van der Waals surface area contributed by atoms with Gasteiger partial charge < -0.3 is 5.73 Å². The molecule has 13 heavy (non-hydrogen) atoms. The van der Waals surface area contributed by atoms with Crippen molar-refractivity contribution in [2.75, 3.05) is 0 Å². The second-order valence-corrected chi connectivity index (χ2v) is 4.10. The van der Waals surface area contributed by atoms with Gasteiger partial charge in [-0.3, -0.25) is 0 Å². The topological polar surface area (TPSA) is 69.1 Å². The highest BCUT2D eigenvalue weighted by atomic mass is 32.1. The van der Waals surface area contributed by atoms with Crippen LogP contribution in [-0.4, -0.2) is 19.8 Å².